The summed E-state index contributed by atoms with van der Waals surface area (Å²) in [5, 5.41) is 4.04. The van der Waals surface area contributed by atoms with Gasteiger partial charge >= 0.3 is 0 Å². The van der Waals surface area contributed by atoms with Crippen LogP contribution in [-0.4, -0.2) is 10.1 Å². The second kappa shape index (κ2) is 5.07. The Morgan fingerprint density at radius 1 is 1.19 bits per heavy atom. The smallest absolute Gasteiger partial charge is 0.230 e. The summed E-state index contributed by atoms with van der Waals surface area (Å²) >= 11 is 0. The van der Waals surface area contributed by atoms with E-state index >= 15 is 0 Å². The number of hydrogen-bond acceptors (Lipinski definition) is 4. The van der Waals surface area contributed by atoms with Gasteiger partial charge < -0.3 is 10.3 Å². The molecule has 2 fully saturated rings. The molecular weight excluding hydrogens is 293 g/mol. The average Bonchev–Trinajstić information content (AvgIpc) is 3.06. The lowest BCUT2D eigenvalue weighted by atomic mass is 9.77. The molecule has 2 N–H and O–H groups in total. The maximum atomic E-state index is 12.9. The Kier molecular flexibility index (Phi) is 3.50. The molecule has 0 aliphatic heterocycles. The lowest BCUT2D eigenvalue weighted by Gasteiger charge is -2.34. The van der Waals surface area contributed by atoms with E-state index in [4.69, 9.17) is 10.3 Å². The summed E-state index contributed by atoms with van der Waals surface area (Å²) in [6, 6.07) is 6.64. The van der Waals surface area contributed by atoms with Crippen molar-refractivity contribution in [3.05, 3.63) is 47.4 Å². The van der Waals surface area contributed by atoms with Gasteiger partial charge in [0, 0.05) is 5.92 Å². The molecule has 0 spiro atoms. The first-order chi connectivity index (χ1) is 9.66. The largest absolute Gasteiger partial charge is 0.339 e. The summed E-state index contributed by atoms with van der Waals surface area (Å²) in [6.07, 6.45) is 3.96. The minimum atomic E-state index is -0.373. The highest BCUT2D eigenvalue weighted by Gasteiger charge is 2.45. The Morgan fingerprint density at radius 2 is 1.90 bits per heavy atom. The average molecular weight is 310 g/mol. The SMILES string of the molecule is Cl.NC1(c2noc([C@@H]3C[C@H]3c3ccc(F)cc3)n2)CCC1. The third kappa shape index (κ3) is 2.45. The Bertz CT molecular complexity index is 639. The van der Waals surface area contributed by atoms with Gasteiger partial charge in [-0.1, -0.05) is 17.3 Å². The van der Waals surface area contributed by atoms with Crippen LogP contribution in [0.5, 0.6) is 0 Å². The van der Waals surface area contributed by atoms with Crippen LogP contribution < -0.4 is 5.73 Å². The molecular formula is C15H17ClFN3O. The Hall–Kier alpha value is -1.46. The lowest BCUT2D eigenvalue weighted by Crippen LogP contribution is -2.44. The van der Waals surface area contributed by atoms with Gasteiger partial charge in [-0.05, 0) is 49.3 Å². The van der Waals surface area contributed by atoms with Gasteiger partial charge in [0.1, 0.15) is 5.82 Å². The van der Waals surface area contributed by atoms with E-state index < -0.39 is 0 Å². The monoisotopic (exact) mass is 309 g/mol. The van der Waals surface area contributed by atoms with Crippen LogP contribution in [0, 0.1) is 5.82 Å². The van der Waals surface area contributed by atoms with Gasteiger partial charge in [0.25, 0.3) is 0 Å². The van der Waals surface area contributed by atoms with E-state index in [9.17, 15) is 4.39 Å². The highest BCUT2D eigenvalue weighted by atomic mass is 35.5. The van der Waals surface area contributed by atoms with Crippen molar-refractivity contribution in [2.24, 2.45) is 5.73 Å². The molecule has 0 bridgehead atoms. The summed E-state index contributed by atoms with van der Waals surface area (Å²) < 4.78 is 18.3. The summed E-state index contributed by atoms with van der Waals surface area (Å²) in [5.41, 5.74) is 6.95. The highest BCUT2D eigenvalue weighted by molar-refractivity contribution is 5.85. The molecule has 2 aliphatic carbocycles. The maximum absolute atomic E-state index is 12.9. The van der Waals surface area contributed by atoms with Crippen molar-refractivity contribution in [3.8, 4) is 0 Å². The molecule has 0 radical (unpaired) electrons. The van der Waals surface area contributed by atoms with Gasteiger partial charge in [-0.25, -0.2) is 4.39 Å². The van der Waals surface area contributed by atoms with Crippen molar-refractivity contribution in [2.75, 3.05) is 0 Å². The first kappa shape index (κ1) is 14.5. The van der Waals surface area contributed by atoms with Crippen molar-refractivity contribution in [1.29, 1.82) is 0 Å². The van der Waals surface area contributed by atoms with Crippen LogP contribution in [0.2, 0.25) is 0 Å². The fourth-order valence-corrected chi connectivity index (χ4v) is 2.92. The quantitative estimate of drug-likeness (QED) is 0.945. The third-order valence-electron chi connectivity index (χ3n) is 4.54. The van der Waals surface area contributed by atoms with Crippen LogP contribution >= 0.6 is 12.4 Å². The van der Waals surface area contributed by atoms with Crippen molar-refractivity contribution < 1.29 is 8.91 Å². The molecule has 1 aromatic carbocycles. The fraction of sp³-hybridized carbons (Fsp3) is 0.467. The van der Waals surface area contributed by atoms with Crippen molar-refractivity contribution in [2.45, 2.75) is 43.1 Å². The van der Waals surface area contributed by atoms with Crippen molar-refractivity contribution >= 4 is 12.4 Å². The standard InChI is InChI=1S/C15H16FN3O.ClH/c16-10-4-2-9(3-5-10)11-8-12(11)13-18-14(19-20-13)15(17)6-1-7-15;/h2-5,11-12H,1,6-8,17H2;1H/t11-,12+;/m0./s1. The molecule has 6 heteroatoms. The number of nitrogens with two attached hydrogens (primary N) is 1. The number of aromatic nitrogens is 2. The lowest BCUT2D eigenvalue weighted by molar-refractivity contribution is 0.229. The molecule has 0 amide bonds. The highest BCUT2D eigenvalue weighted by Crippen LogP contribution is 2.54. The minimum absolute atomic E-state index is 0. The second-order valence-electron chi connectivity index (χ2n) is 5.97. The molecule has 0 saturated heterocycles. The minimum Gasteiger partial charge on any atom is -0.339 e. The molecule has 21 heavy (non-hydrogen) atoms. The predicted molar refractivity (Wildman–Crippen MR) is 77.8 cm³/mol. The molecule has 4 rings (SSSR count). The number of benzene rings is 1. The summed E-state index contributed by atoms with van der Waals surface area (Å²) in [4.78, 5) is 4.48. The van der Waals surface area contributed by atoms with E-state index in [1.807, 2.05) is 12.1 Å². The first-order valence-electron chi connectivity index (χ1n) is 7.04. The molecule has 2 atom stereocenters. The van der Waals surface area contributed by atoms with Crippen LogP contribution in [0.3, 0.4) is 0 Å². The Balaban J connectivity index is 0.00000132. The van der Waals surface area contributed by atoms with Gasteiger partial charge in [-0.15, -0.1) is 12.4 Å². The normalized spacial score (nSPS) is 25.8. The van der Waals surface area contributed by atoms with E-state index in [1.165, 1.54) is 12.1 Å². The van der Waals surface area contributed by atoms with E-state index in [1.54, 1.807) is 0 Å². The first-order valence-corrected chi connectivity index (χ1v) is 7.04. The van der Waals surface area contributed by atoms with Gasteiger partial charge in [0.05, 0.1) is 5.54 Å². The third-order valence-corrected chi connectivity index (χ3v) is 4.54. The zero-order chi connectivity index (χ0) is 13.7. The molecule has 2 aliphatic rings. The van der Waals surface area contributed by atoms with Crippen molar-refractivity contribution in [3.63, 3.8) is 0 Å². The second-order valence-corrected chi connectivity index (χ2v) is 5.97. The summed E-state index contributed by atoms with van der Waals surface area (Å²) in [6.45, 7) is 0. The van der Waals surface area contributed by atoms with E-state index in [0.29, 0.717) is 17.6 Å². The summed E-state index contributed by atoms with van der Waals surface area (Å²) in [7, 11) is 0. The molecule has 4 nitrogen and oxygen atoms in total. The molecule has 112 valence electrons. The molecule has 2 aromatic rings. The number of nitrogens with zero attached hydrogens (tertiary/aromatic N) is 2. The van der Waals surface area contributed by atoms with Gasteiger partial charge in [0.2, 0.25) is 5.89 Å². The van der Waals surface area contributed by atoms with E-state index in [2.05, 4.69) is 10.1 Å². The van der Waals surface area contributed by atoms with Crippen LogP contribution in [0.25, 0.3) is 0 Å². The van der Waals surface area contributed by atoms with Gasteiger partial charge in [-0.3, -0.25) is 0 Å². The van der Waals surface area contributed by atoms with Crippen LogP contribution in [0.4, 0.5) is 4.39 Å². The number of rotatable bonds is 3. The summed E-state index contributed by atoms with van der Waals surface area (Å²) in [5.74, 6) is 1.72. The van der Waals surface area contributed by atoms with Crippen LogP contribution in [0.15, 0.2) is 28.8 Å². The van der Waals surface area contributed by atoms with Crippen molar-refractivity contribution in [1.82, 2.24) is 10.1 Å². The molecule has 0 unspecified atom stereocenters. The molecule has 1 aromatic heterocycles. The number of halogens is 2. The zero-order valence-electron chi connectivity index (χ0n) is 11.5. The Labute approximate surface area is 128 Å². The number of hydrogen-bond donors (Lipinski definition) is 1. The fourth-order valence-electron chi connectivity index (χ4n) is 2.92. The van der Waals surface area contributed by atoms with E-state index in [-0.39, 0.29) is 29.7 Å². The van der Waals surface area contributed by atoms with Gasteiger partial charge in [-0.2, -0.15) is 4.98 Å². The van der Waals surface area contributed by atoms with Crippen LogP contribution in [-0.2, 0) is 5.54 Å². The predicted octanol–water partition coefficient (Wildman–Crippen LogP) is 3.24. The van der Waals surface area contributed by atoms with E-state index in [0.717, 1.165) is 31.2 Å². The Morgan fingerprint density at radius 3 is 2.52 bits per heavy atom. The van der Waals surface area contributed by atoms with Gasteiger partial charge in [0.15, 0.2) is 5.82 Å². The van der Waals surface area contributed by atoms with Crippen LogP contribution in [0.1, 0.15) is 54.8 Å². The molecule has 1 heterocycles. The zero-order valence-corrected chi connectivity index (χ0v) is 12.3. The maximum Gasteiger partial charge on any atom is 0.230 e. The molecule has 2 saturated carbocycles. The topological polar surface area (TPSA) is 64.9 Å².